The zero-order valence-electron chi connectivity index (χ0n) is 30.3. The van der Waals surface area contributed by atoms with E-state index in [-0.39, 0.29) is 11.1 Å². The van der Waals surface area contributed by atoms with E-state index >= 15 is 0 Å². The summed E-state index contributed by atoms with van der Waals surface area (Å²) in [6.45, 7) is 19.2. The van der Waals surface area contributed by atoms with E-state index in [1.165, 1.54) is 0 Å². The van der Waals surface area contributed by atoms with Gasteiger partial charge >= 0.3 is 6.09 Å². The minimum absolute atomic E-state index is 0.120. The number of carbonyl (C=O) groups excluding carboxylic acids is 1. The summed E-state index contributed by atoms with van der Waals surface area (Å²) in [6.07, 6.45) is -0.126. The second-order valence-corrected chi connectivity index (χ2v) is 20.1. The summed E-state index contributed by atoms with van der Waals surface area (Å²) in [5.74, 6) is 0. The zero-order valence-corrected chi connectivity index (χ0v) is 31.3. The highest BCUT2D eigenvalue weighted by Crippen LogP contribution is 2.37. The molecule has 4 atom stereocenters. The average Bonchev–Trinajstić information content (AvgIpc) is 3.41. The first-order valence-electron chi connectivity index (χ1n) is 17.3. The fraction of sp³-hybridized carbons (Fsp3) is 0.525. The van der Waals surface area contributed by atoms with Gasteiger partial charge in [-0.25, -0.2) is 4.79 Å². The summed E-state index contributed by atoms with van der Waals surface area (Å²) in [5, 5.41) is 0.120. The molecule has 1 amide bonds. The molecule has 3 aromatic rings. The second-order valence-electron chi connectivity index (χ2n) is 15.3. The summed E-state index contributed by atoms with van der Waals surface area (Å²) in [4.78, 5) is 15.8. The summed E-state index contributed by atoms with van der Waals surface area (Å²) in [5.41, 5.74) is 2.52. The van der Waals surface area contributed by atoms with Crippen molar-refractivity contribution in [3.05, 3.63) is 108 Å². The van der Waals surface area contributed by atoms with Crippen molar-refractivity contribution in [1.82, 2.24) is 4.90 Å². The smallest absolute Gasteiger partial charge is 0.410 e. The molecule has 262 valence electrons. The van der Waals surface area contributed by atoms with Crippen molar-refractivity contribution in [1.29, 1.82) is 0 Å². The Morgan fingerprint density at radius 1 is 0.771 bits per heavy atom. The van der Waals surface area contributed by atoms with Crippen LogP contribution in [0.4, 0.5) is 4.79 Å². The molecule has 0 radical (unpaired) electrons. The molecule has 1 aliphatic heterocycles. The van der Waals surface area contributed by atoms with Gasteiger partial charge in [0, 0.05) is 6.61 Å². The lowest BCUT2D eigenvalue weighted by Crippen LogP contribution is -2.51. The van der Waals surface area contributed by atoms with Crippen molar-refractivity contribution in [3.63, 3.8) is 0 Å². The fourth-order valence-electron chi connectivity index (χ4n) is 5.60. The largest absolute Gasteiger partial charge is 0.444 e. The lowest BCUT2D eigenvalue weighted by Gasteiger charge is -2.37. The van der Waals surface area contributed by atoms with Gasteiger partial charge in [-0.05, 0) is 68.4 Å². The molecule has 1 saturated heterocycles. The fourth-order valence-corrected chi connectivity index (χ4v) is 6.69. The number of amides is 1. The van der Waals surface area contributed by atoms with Gasteiger partial charge in [0.1, 0.15) is 17.8 Å². The molecule has 0 aromatic heterocycles. The van der Waals surface area contributed by atoms with E-state index in [4.69, 9.17) is 23.4 Å². The lowest BCUT2D eigenvalue weighted by atomic mass is 9.99. The number of likely N-dealkylation sites (tertiary alicyclic amines) is 1. The van der Waals surface area contributed by atoms with E-state index in [1.54, 1.807) is 4.90 Å². The minimum atomic E-state index is -1.93. The van der Waals surface area contributed by atoms with Crippen LogP contribution in [0.2, 0.25) is 18.1 Å². The molecular formula is C40H57NO6Si. The molecule has 8 heteroatoms. The third kappa shape index (κ3) is 11.3. The number of nitrogens with zero attached hydrogens (tertiary/aromatic N) is 1. The first-order valence-corrected chi connectivity index (χ1v) is 20.2. The number of hydrogen-bond donors (Lipinski definition) is 0. The molecule has 0 aliphatic carbocycles. The van der Waals surface area contributed by atoms with Crippen LogP contribution in [-0.2, 0) is 43.2 Å². The quantitative estimate of drug-likeness (QED) is 0.118. The maximum absolute atomic E-state index is 14.0. The third-order valence-corrected chi connectivity index (χ3v) is 13.8. The van der Waals surface area contributed by atoms with E-state index in [0.717, 1.165) is 23.1 Å². The number of hydrogen-bond acceptors (Lipinski definition) is 6. The normalized spacial score (nSPS) is 19.3. The van der Waals surface area contributed by atoms with Crippen LogP contribution < -0.4 is 0 Å². The Labute approximate surface area is 290 Å². The van der Waals surface area contributed by atoms with Gasteiger partial charge in [0.05, 0.1) is 38.5 Å². The van der Waals surface area contributed by atoms with Gasteiger partial charge in [-0.15, -0.1) is 0 Å². The van der Waals surface area contributed by atoms with Crippen molar-refractivity contribution >= 4 is 14.4 Å². The second kappa shape index (κ2) is 17.1. The summed E-state index contributed by atoms with van der Waals surface area (Å²) >= 11 is 0. The maximum Gasteiger partial charge on any atom is 0.410 e. The predicted octanol–water partition coefficient (Wildman–Crippen LogP) is 9.16. The summed E-state index contributed by atoms with van der Waals surface area (Å²) in [6, 6.07) is 29.9. The van der Waals surface area contributed by atoms with E-state index in [2.05, 4.69) is 58.1 Å². The molecule has 0 unspecified atom stereocenters. The van der Waals surface area contributed by atoms with Crippen molar-refractivity contribution in [2.24, 2.45) is 0 Å². The van der Waals surface area contributed by atoms with Crippen molar-refractivity contribution in [2.75, 3.05) is 13.2 Å². The number of carbonyl (C=O) groups is 1. The van der Waals surface area contributed by atoms with Gasteiger partial charge < -0.3 is 23.4 Å². The van der Waals surface area contributed by atoms with Crippen LogP contribution in [-0.4, -0.2) is 62.4 Å². The molecule has 0 saturated carbocycles. The first-order chi connectivity index (χ1) is 22.7. The molecule has 3 aromatic carbocycles. The molecule has 1 fully saturated rings. The van der Waals surface area contributed by atoms with Crippen LogP contribution >= 0.6 is 0 Å². The van der Waals surface area contributed by atoms with Crippen LogP contribution in [0.1, 0.15) is 71.1 Å². The topological polar surface area (TPSA) is 66.5 Å². The van der Waals surface area contributed by atoms with Gasteiger partial charge in [-0.2, -0.15) is 0 Å². The molecule has 1 heterocycles. The predicted molar refractivity (Wildman–Crippen MR) is 194 cm³/mol. The molecule has 1 aliphatic rings. The molecule has 48 heavy (non-hydrogen) atoms. The Kier molecular flexibility index (Phi) is 13.4. The molecular weight excluding hydrogens is 619 g/mol. The molecule has 4 rings (SSSR count). The Hall–Kier alpha value is -3.01. The Morgan fingerprint density at radius 2 is 1.27 bits per heavy atom. The number of benzene rings is 3. The number of rotatable bonds is 15. The molecule has 0 bridgehead atoms. The first kappa shape index (κ1) is 37.8. The third-order valence-electron chi connectivity index (χ3n) is 9.25. The van der Waals surface area contributed by atoms with Crippen molar-refractivity contribution < 1.29 is 28.2 Å². The van der Waals surface area contributed by atoms with Crippen LogP contribution in [0.3, 0.4) is 0 Å². The molecule has 7 nitrogen and oxygen atoms in total. The van der Waals surface area contributed by atoms with Crippen LogP contribution in [0, 0.1) is 0 Å². The average molecular weight is 676 g/mol. The Morgan fingerprint density at radius 3 is 1.77 bits per heavy atom. The number of ether oxygens (including phenoxy) is 4. The zero-order chi connectivity index (χ0) is 34.8. The van der Waals surface area contributed by atoms with E-state index in [1.807, 2.05) is 87.5 Å². The van der Waals surface area contributed by atoms with E-state index in [0.29, 0.717) is 39.4 Å². The van der Waals surface area contributed by atoms with Crippen molar-refractivity contribution in [3.8, 4) is 0 Å². The highest BCUT2D eigenvalue weighted by Gasteiger charge is 2.51. The van der Waals surface area contributed by atoms with Gasteiger partial charge in [0.25, 0.3) is 0 Å². The maximum atomic E-state index is 14.0. The standard InChI is InChI=1S/C40H57NO6Si/c1-39(2,3)47-38(42)41-27-35(44-29-32-21-14-10-15-22-32)37(45-30-33-23-16-11-17-24-33)36(41)34(43-28-31-19-12-9-13-20-31)25-18-26-46-48(7,8)40(4,5)6/h9-17,19-24,34-37H,18,25-30H2,1-8H3/t34-,35-,36+,37-/m0/s1. The van der Waals surface area contributed by atoms with Crippen LogP contribution in [0.25, 0.3) is 0 Å². The van der Waals surface area contributed by atoms with Gasteiger partial charge in [-0.1, -0.05) is 112 Å². The minimum Gasteiger partial charge on any atom is -0.444 e. The Balaban J connectivity index is 1.66. The molecule has 0 spiro atoms. The SMILES string of the molecule is CC(C)(C)OC(=O)N1C[C@H](OCc2ccccc2)[C@H](OCc2ccccc2)[C@H]1[C@H](CCCO[Si](C)(C)C(C)(C)C)OCc1ccccc1. The Bertz CT molecular complexity index is 1370. The monoisotopic (exact) mass is 675 g/mol. The van der Waals surface area contributed by atoms with E-state index in [9.17, 15) is 4.79 Å². The van der Waals surface area contributed by atoms with E-state index < -0.39 is 38.3 Å². The van der Waals surface area contributed by atoms with Crippen LogP contribution in [0.5, 0.6) is 0 Å². The molecule has 0 N–H and O–H groups in total. The summed E-state index contributed by atoms with van der Waals surface area (Å²) in [7, 11) is -1.93. The lowest BCUT2D eigenvalue weighted by molar-refractivity contribution is -0.103. The highest BCUT2D eigenvalue weighted by atomic mass is 28.4. The highest BCUT2D eigenvalue weighted by molar-refractivity contribution is 6.74. The van der Waals surface area contributed by atoms with Gasteiger partial charge in [0.15, 0.2) is 8.32 Å². The van der Waals surface area contributed by atoms with Crippen molar-refractivity contribution in [2.45, 2.75) is 122 Å². The summed E-state index contributed by atoms with van der Waals surface area (Å²) < 4.78 is 32.7. The van der Waals surface area contributed by atoms with Crippen LogP contribution in [0.15, 0.2) is 91.0 Å². The van der Waals surface area contributed by atoms with Gasteiger partial charge in [0.2, 0.25) is 0 Å². The van der Waals surface area contributed by atoms with Gasteiger partial charge in [-0.3, -0.25) is 4.90 Å².